The summed E-state index contributed by atoms with van der Waals surface area (Å²) >= 11 is 11.1. The second-order valence-corrected chi connectivity index (χ2v) is 4.68. The molecule has 0 amide bonds. The van der Waals surface area contributed by atoms with Gasteiger partial charge in [0.05, 0.1) is 0 Å². The summed E-state index contributed by atoms with van der Waals surface area (Å²) in [5.41, 5.74) is 0.345. The van der Waals surface area contributed by atoms with Crippen molar-refractivity contribution in [3.05, 3.63) is 29.8 Å². The van der Waals surface area contributed by atoms with Crippen LogP contribution in [0.15, 0.2) is 24.3 Å². The van der Waals surface area contributed by atoms with Crippen molar-refractivity contribution in [2.24, 2.45) is 5.92 Å². The van der Waals surface area contributed by atoms with Crippen molar-refractivity contribution in [2.45, 2.75) is 19.2 Å². The van der Waals surface area contributed by atoms with Crippen LogP contribution in [0, 0.1) is 5.92 Å². The van der Waals surface area contributed by atoms with Gasteiger partial charge in [-0.3, -0.25) is 9.59 Å². The summed E-state index contributed by atoms with van der Waals surface area (Å²) in [7, 11) is 0. The van der Waals surface area contributed by atoms with Gasteiger partial charge in [-0.25, -0.2) is 0 Å². The Kier molecular flexibility index (Phi) is 4.97. The number of carbonyl (C=O) groups is 2. The zero-order valence-corrected chi connectivity index (χ0v) is 11.0. The van der Waals surface area contributed by atoms with E-state index in [0.29, 0.717) is 11.3 Å². The van der Waals surface area contributed by atoms with Gasteiger partial charge in [-0.15, -0.1) is 11.6 Å². The Morgan fingerprint density at radius 2 is 1.71 bits per heavy atom. The van der Waals surface area contributed by atoms with E-state index in [1.54, 1.807) is 0 Å². The first kappa shape index (κ1) is 14.0. The third-order valence-corrected chi connectivity index (χ3v) is 3.01. The minimum atomic E-state index is -0.690. The summed E-state index contributed by atoms with van der Waals surface area (Å²) in [5, 5.41) is -1.25. The van der Waals surface area contributed by atoms with Gasteiger partial charge in [0.15, 0.2) is 0 Å². The fraction of sp³-hybridized carbons (Fsp3) is 0.333. The molecule has 0 aliphatic rings. The number of esters is 1. The van der Waals surface area contributed by atoms with E-state index in [2.05, 4.69) is 0 Å². The van der Waals surface area contributed by atoms with Crippen molar-refractivity contribution in [3.63, 3.8) is 0 Å². The molecule has 5 heteroatoms. The molecule has 0 spiro atoms. The number of alkyl halides is 1. The third-order valence-electron chi connectivity index (χ3n) is 2.11. The lowest BCUT2D eigenvalue weighted by molar-refractivity contribution is -0.134. The highest BCUT2D eigenvalue weighted by Crippen LogP contribution is 2.17. The molecule has 92 valence electrons. The maximum atomic E-state index is 11.5. The summed E-state index contributed by atoms with van der Waals surface area (Å²) in [6, 6.07) is 5.96. The van der Waals surface area contributed by atoms with Crippen LogP contribution in [-0.4, -0.2) is 16.6 Å². The monoisotopic (exact) mass is 274 g/mol. The lowest BCUT2D eigenvalue weighted by atomic mass is 10.1. The Labute approximate surface area is 110 Å². The number of rotatable bonds is 4. The molecule has 0 bridgehead atoms. The molecule has 0 radical (unpaired) electrons. The average Bonchev–Trinajstić information content (AvgIpc) is 2.28. The third kappa shape index (κ3) is 4.02. The number of halogens is 2. The summed E-state index contributed by atoms with van der Waals surface area (Å²) in [6.07, 6.45) is 0. The summed E-state index contributed by atoms with van der Waals surface area (Å²) in [6.45, 7) is 3.66. The predicted molar refractivity (Wildman–Crippen MR) is 66.7 cm³/mol. The zero-order chi connectivity index (χ0) is 13.0. The Hall–Kier alpha value is -1.06. The average molecular weight is 275 g/mol. The number of benzene rings is 1. The van der Waals surface area contributed by atoms with Crippen molar-refractivity contribution in [3.8, 4) is 5.75 Å². The van der Waals surface area contributed by atoms with Gasteiger partial charge in [0.2, 0.25) is 0 Å². The van der Waals surface area contributed by atoms with Crippen molar-refractivity contribution in [1.29, 1.82) is 0 Å². The van der Waals surface area contributed by atoms with Gasteiger partial charge < -0.3 is 4.74 Å². The number of hydrogen-bond acceptors (Lipinski definition) is 3. The highest BCUT2D eigenvalue weighted by molar-refractivity contribution is 6.67. The maximum absolute atomic E-state index is 11.5. The molecule has 0 fully saturated rings. The van der Waals surface area contributed by atoms with E-state index in [-0.39, 0.29) is 5.92 Å². The Morgan fingerprint density at radius 1 is 1.18 bits per heavy atom. The van der Waals surface area contributed by atoms with Gasteiger partial charge in [0, 0.05) is 5.56 Å². The largest absolute Gasteiger partial charge is 0.425 e. The minimum Gasteiger partial charge on any atom is -0.425 e. The SMILES string of the molecule is CC(C)[C@H](Cl)C(=O)Oc1ccc(C(=O)Cl)cc1. The lowest BCUT2D eigenvalue weighted by Gasteiger charge is -2.12. The van der Waals surface area contributed by atoms with Gasteiger partial charge >= 0.3 is 5.97 Å². The molecule has 0 saturated carbocycles. The molecule has 1 aromatic carbocycles. The van der Waals surface area contributed by atoms with Crippen LogP contribution in [0.5, 0.6) is 5.75 Å². The van der Waals surface area contributed by atoms with E-state index >= 15 is 0 Å². The normalized spacial score (nSPS) is 12.3. The topological polar surface area (TPSA) is 43.4 Å². The molecule has 0 N–H and O–H groups in total. The molecule has 0 aliphatic carbocycles. The van der Waals surface area contributed by atoms with Crippen LogP contribution < -0.4 is 4.74 Å². The molecule has 17 heavy (non-hydrogen) atoms. The van der Waals surface area contributed by atoms with Crippen LogP contribution in [0.25, 0.3) is 0 Å². The number of hydrogen-bond donors (Lipinski definition) is 0. The molecule has 1 rings (SSSR count). The Bertz CT molecular complexity index is 412. The standard InChI is InChI=1S/C12H12Cl2O3/c1-7(2)10(13)12(16)17-9-5-3-8(4-6-9)11(14)15/h3-7,10H,1-2H3/t10-/m0/s1. The van der Waals surface area contributed by atoms with E-state index in [1.165, 1.54) is 24.3 Å². The highest BCUT2D eigenvalue weighted by atomic mass is 35.5. The van der Waals surface area contributed by atoms with Crippen LogP contribution in [0.2, 0.25) is 0 Å². The molecule has 0 heterocycles. The summed E-state index contributed by atoms with van der Waals surface area (Å²) < 4.78 is 5.05. The highest BCUT2D eigenvalue weighted by Gasteiger charge is 2.21. The van der Waals surface area contributed by atoms with Crippen molar-refractivity contribution in [1.82, 2.24) is 0 Å². The maximum Gasteiger partial charge on any atom is 0.329 e. The van der Waals surface area contributed by atoms with E-state index < -0.39 is 16.6 Å². The van der Waals surface area contributed by atoms with Gasteiger partial charge in [-0.05, 0) is 41.8 Å². The van der Waals surface area contributed by atoms with Crippen LogP contribution in [-0.2, 0) is 4.79 Å². The second kappa shape index (κ2) is 6.03. The molecule has 0 saturated heterocycles. The molecule has 0 aromatic heterocycles. The van der Waals surface area contributed by atoms with E-state index in [1.807, 2.05) is 13.8 Å². The molecule has 0 unspecified atom stereocenters. The van der Waals surface area contributed by atoms with Gasteiger partial charge in [0.25, 0.3) is 5.24 Å². The van der Waals surface area contributed by atoms with Crippen molar-refractivity contribution in [2.75, 3.05) is 0 Å². The number of ether oxygens (including phenoxy) is 1. The summed E-state index contributed by atoms with van der Waals surface area (Å²) in [4.78, 5) is 22.3. The minimum absolute atomic E-state index is 0.00661. The van der Waals surface area contributed by atoms with E-state index in [4.69, 9.17) is 27.9 Å². The first-order valence-electron chi connectivity index (χ1n) is 5.07. The molecular formula is C12H12Cl2O3. The first-order chi connectivity index (χ1) is 7.91. The summed E-state index contributed by atoms with van der Waals surface area (Å²) in [5.74, 6) is -0.178. The number of carbonyl (C=O) groups excluding carboxylic acids is 2. The van der Waals surface area contributed by atoms with Gasteiger partial charge in [-0.2, -0.15) is 0 Å². The van der Waals surface area contributed by atoms with Crippen LogP contribution in [0.1, 0.15) is 24.2 Å². The van der Waals surface area contributed by atoms with Crippen molar-refractivity contribution < 1.29 is 14.3 Å². The van der Waals surface area contributed by atoms with Crippen LogP contribution >= 0.6 is 23.2 Å². The lowest BCUT2D eigenvalue weighted by Crippen LogP contribution is -2.25. The zero-order valence-electron chi connectivity index (χ0n) is 9.44. The smallest absolute Gasteiger partial charge is 0.329 e. The van der Waals surface area contributed by atoms with Gasteiger partial charge in [0.1, 0.15) is 11.1 Å². The molecule has 3 nitrogen and oxygen atoms in total. The molecular weight excluding hydrogens is 263 g/mol. The fourth-order valence-electron chi connectivity index (χ4n) is 1.10. The Morgan fingerprint density at radius 3 is 2.12 bits per heavy atom. The molecule has 1 atom stereocenters. The van der Waals surface area contributed by atoms with Crippen LogP contribution in [0.3, 0.4) is 0 Å². The van der Waals surface area contributed by atoms with Crippen molar-refractivity contribution >= 4 is 34.4 Å². The van der Waals surface area contributed by atoms with Gasteiger partial charge in [-0.1, -0.05) is 13.8 Å². The molecule has 0 aliphatic heterocycles. The fourth-order valence-corrected chi connectivity index (χ4v) is 1.27. The quantitative estimate of drug-likeness (QED) is 0.366. The first-order valence-corrected chi connectivity index (χ1v) is 5.89. The predicted octanol–water partition coefficient (Wildman–Crippen LogP) is 3.23. The second-order valence-electron chi connectivity index (χ2n) is 3.86. The Balaban J connectivity index is 2.70. The van der Waals surface area contributed by atoms with E-state index in [9.17, 15) is 9.59 Å². The van der Waals surface area contributed by atoms with Crippen LogP contribution in [0.4, 0.5) is 0 Å². The van der Waals surface area contributed by atoms with E-state index in [0.717, 1.165) is 0 Å². The molecule has 1 aromatic rings.